The van der Waals surface area contributed by atoms with Gasteiger partial charge in [-0.05, 0) is 18.1 Å². The number of rotatable bonds is 4. The van der Waals surface area contributed by atoms with Crippen LogP contribution in [0.4, 0.5) is 5.82 Å². The van der Waals surface area contributed by atoms with Crippen LogP contribution in [0.15, 0.2) is 36.7 Å². The number of aromatic nitrogens is 2. The van der Waals surface area contributed by atoms with Gasteiger partial charge in [0, 0.05) is 6.61 Å². The van der Waals surface area contributed by atoms with Gasteiger partial charge in [0.2, 0.25) is 5.88 Å². The van der Waals surface area contributed by atoms with Crippen molar-refractivity contribution in [2.24, 2.45) is 0 Å². The van der Waals surface area contributed by atoms with E-state index in [1.807, 2.05) is 24.3 Å². The first-order valence-corrected chi connectivity index (χ1v) is 5.24. The van der Waals surface area contributed by atoms with Crippen molar-refractivity contribution in [3.8, 4) is 11.6 Å². The first-order chi connectivity index (χ1) is 8.29. The fourth-order valence-electron chi connectivity index (χ4n) is 1.42. The lowest BCUT2D eigenvalue weighted by atomic mass is 10.1. The van der Waals surface area contributed by atoms with Gasteiger partial charge in [-0.15, -0.1) is 0 Å². The Balaban J connectivity index is 2.20. The molecule has 0 radical (unpaired) electrons. The van der Waals surface area contributed by atoms with Gasteiger partial charge in [-0.3, -0.25) is 0 Å². The van der Waals surface area contributed by atoms with Crippen molar-refractivity contribution >= 4 is 5.82 Å². The lowest BCUT2D eigenvalue weighted by molar-refractivity contribution is 0.297. The van der Waals surface area contributed by atoms with Crippen LogP contribution in [0.5, 0.6) is 11.6 Å². The van der Waals surface area contributed by atoms with Gasteiger partial charge in [-0.2, -0.15) is 0 Å². The molecule has 5 heteroatoms. The van der Waals surface area contributed by atoms with Crippen molar-refractivity contribution in [3.05, 3.63) is 42.2 Å². The molecule has 0 saturated carbocycles. The number of nitrogen functional groups attached to an aromatic ring is 1. The van der Waals surface area contributed by atoms with Gasteiger partial charge < -0.3 is 15.6 Å². The monoisotopic (exact) mass is 231 g/mol. The van der Waals surface area contributed by atoms with Crippen molar-refractivity contribution < 1.29 is 9.84 Å². The van der Waals surface area contributed by atoms with Crippen molar-refractivity contribution in [2.45, 2.75) is 6.42 Å². The molecule has 2 aromatic rings. The first kappa shape index (κ1) is 11.3. The number of hydrogen-bond donors (Lipinski definition) is 2. The summed E-state index contributed by atoms with van der Waals surface area (Å²) in [4.78, 5) is 7.89. The highest BCUT2D eigenvalue weighted by Crippen LogP contribution is 2.23. The molecule has 0 aliphatic carbocycles. The van der Waals surface area contributed by atoms with E-state index in [0.29, 0.717) is 23.9 Å². The van der Waals surface area contributed by atoms with E-state index in [1.54, 1.807) is 0 Å². The summed E-state index contributed by atoms with van der Waals surface area (Å²) in [5.74, 6) is 1.39. The fraction of sp³-hybridized carbons (Fsp3) is 0.167. The Labute approximate surface area is 98.9 Å². The molecule has 0 fully saturated rings. The maximum absolute atomic E-state index is 8.95. The highest BCUT2D eigenvalue weighted by molar-refractivity contribution is 5.36. The largest absolute Gasteiger partial charge is 0.437 e. The molecular weight excluding hydrogens is 218 g/mol. The normalized spacial score (nSPS) is 10.2. The minimum absolute atomic E-state index is 0.0772. The molecule has 0 bridgehead atoms. The summed E-state index contributed by atoms with van der Waals surface area (Å²) in [7, 11) is 0. The third kappa shape index (κ3) is 2.92. The van der Waals surface area contributed by atoms with Crippen LogP contribution in [-0.2, 0) is 6.42 Å². The molecule has 2 rings (SSSR count). The summed E-state index contributed by atoms with van der Waals surface area (Å²) in [6.07, 6.45) is 3.44. The lowest BCUT2D eigenvalue weighted by Crippen LogP contribution is -1.97. The summed E-state index contributed by atoms with van der Waals surface area (Å²) < 4.78 is 5.58. The average molecular weight is 231 g/mol. The molecule has 0 aliphatic heterocycles. The second-order valence-corrected chi connectivity index (χ2v) is 3.46. The summed E-state index contributed by atoms with van der Waals surface area (Å²) in [6.45, 7) is 0.0772. The lowest BCUT2D eigenvalue weighted by Gasteiger charge is -2.08. The Morgan fingerprint density at radius 1 is 1.18 bits per heavy atom. The zero-order valence-corrected chi connectivity index (χ0v) is 9.21. The van der Waals surface area contributed by atoms with Crippen LogP contribution in [0.2, 0.25) is 0 Å². The van der Waals surface area contributed by atoms with E-state index in [9.17, 15) is 0 Å². The fourth-order valence-corrected chi connectivity index (χ4v) is 1.42. The van der Waals surface area contributed by atoms with Crippen LogP contribution in [0.3, 0.4) is 0 Å². The third-order valence-electron chi connectivity index (χ3n) is 2.22. The van der Waals surface area contributed by atoms with Gasteiger partial charge >= 0.3 is 0 Å². The molecule has 1 aromatic carbocycles. The van der Waals surface area contributed by atoms with Gasteiger partial charge in [0.15, 0.2) is 0 Å². The maximum Gasteiger partial charge on any atom is 0.237 e. The summed E-state index contributed by atoms with van der Waals surface area (Å²) in [6, 6.07) is 7.48. The predicted octanol–water partition coefficient (Wildman–Crippen LogP) is 1.39. The van der Waals surface area contributed by atoms with Crippen LogP contribution in [-0.4, -0.2) is 21.7 Å². The van der Waals surface area contributed by atoms with E-state index >= 15 is 0 Å². The van der Waals surface area contributed by atoms with Gasteiger partial charge in [-0.25, -0.2) is 9.97 Å². The number of nitrogens with two attached hydrogens (primary N) is 1. The van der Waals surface area contributed by atoms with Crippen LogP contribution >= 0.6 is 0 Å². The highest BCUT2D eigenvalue weighted by atomic mass is 16.5. The molecule has 1 heterocycles. The SMILES string of the molecule is Nc1cnc(Oc2ccccc2CCO)cn1. The van der Waals surface area contributed by atoms with Crippen LogP contribution < -0.4 is 10.5 Å². The molecule has 3 N–H and O–H groups in total. The summed E-state index contributed by atoms with van der Waals surface area (Å²) in [5, 5.41) is 8.95. The standard InChI is InChI=1S/C12H13N3O2/c13-11-7-15-12(8-14-11)17-10-4-2-1-3-9(10)5-6-16/h1-4,7-8,16H,5-6H2,(H2,13,14). The number of benzene rings is 1. The molecule has 0 amide bonds. The molecule has 17 heavy (non-hydrogen) atoms. The number of para-hydroxylation sites is 1. The van der Waals surface area contributed by atoms with E-state index in [1.165, 1.54) is 12.4 Å². The van der Waals surface area contributed by atoms with Crippen LogP contribution in [0, 0.1) is 0 Å². The Morgan fingerprint density at radius 2 is 2.00 bits per heavy atom. The Morgan fingerprint density at radius 3 is 2.71 bits per heavy atom. The Hall–Kier alpha value is -2.14. The molecule has 0 aliphatic rings. The Bertz CT molecular complexity index is 485. The van der Waals surface area contributed by atoms with Crippen molar-refractivity contribution in [1.82, 2.24) is 9.97 Å². The zero-order chi connectivity index (χ0) is 12.1. The van der Waals surface area contributed by atoms with Gasteiger partial charge in [0.25, 0.3) is 0 Å². The third-order valence-corrected chi connectivity index (χ3v) is 2.22. The molecule has 1 aromatic heterocycles. The maximum atomic E-state index is 8.95. The quantitative estimate of drug-likeness (QED) is 0.830. The van der Waals surface area contributed by atoms with E-state index < -0.39 is 0 Å². The molecule has 0 atom stereocenters. The second-order valence-electron chi connectivity index (χ2n) is 3.46. The summed E-state index contributed by atoms with van der Waals surface area (Å²) >= 11 is 0. The van der Waals surface area contributed by atoms with E-state index in [0.717, 1.165) is 5.56 Å². The van der Waals surface area contributed by atoms with Gasteiger partial charge in [0.05, 0.1) is 12.4 Å². The Kier molecular flexibility index (Phi) is 3.52. The topological polar surface area (TPSA) is 81.3 Å². The second kappa shape index (κ2) is 5.27. The molecule has 0 saturated heterocycles. The molecule has 0 unspecified atom stereocenters. The first-order valence-electron chi connectivity index (χ1n) is 5.24. The van der Waals surface area contributed by atoms with Crippen LogP contribution in [0.25, 0.3) is 0 Å². The van der Waals surface area contributed by atoms with Gasteiger partial charge in [0.1, 0.15) is 11.6 Å². The number of anilines is 1. The molecular formula is C12H13N3O2. The smallest absolute Gasteiger partial charge is 0.237 e. The highest BCUT2D eigenvalue weighted by Gasteiger charge is 2.04. The van der Waals surface area contributed by atoms with Crippen molar-refractivity contribution in [1.29, 1.82) is 0 Å². The minimum Gasteiger partial charge on any atom is -0.437 e. The molecule has 5 nitrogen and oxygen atoms in total. The minimum atomic E-state index is 0.0772. The molecule has 88 valence electrons. The number of aliphatic hydroxyl groups excluding tert-OH is 1. The van der Waals surface area contributed by atoms with Crippen LogP contribution in [0.1, 0.15) is 5.56 Å². The van der Waals surface area contributed by atoms with E-state index in [2.05, 4.69) is 9.97 Å². The van der Waals surface area contributed by atoms with Gasteiger partial charge in [-0.1, -0.05) is 18.2 Å². The number of nitrogens with zero attached hydrogens (tertiary/aromatic N) is 2. The summed E-state index contributed by atoms with van der Waals surface area (Å²) in [5.41, 5.74) is 6.36. The molecule has 0 spiro atoms. The number of hydrogen-bond acceptors (Lipinski definition) is 5. The van der Waals surface area contributed by atoms with Crippen molar-refractivity contribution in [3.63, 3.8) is 0 Å². The predicted molar refractivity (Wildman–Crippen MR) is 63.8 cm³/mol. The van der Waals surface area contributed by atoms with Crippen molar-refractivity contribution in [2.75, 3.05) is 12.3 Å². The van der Waals surface area contributed by atoms with E-state index in [-0.39, 0.29) is 6.61 Å². The zero-order valence-electron chi connectivity index (χ0n) is 9.21. The number of aliphatic hydroxyl groups is 1. The van der Waals surface area contributed by atoms with E-state index in [4.69, 9.17) is 15.6 Å². The number of ether oxygens (including phenoxy) is 1. The average Bonchev–Trinajstić information content (AvgIpc) is 2.35.